The van der Waals surface area contributed by atoms with Crippen molar-refractivity contribution in [3.8, 4) is 11.4 Å². The molecule has 0 aliphatic carbocycles. The number of hydrogen-bond acceptors (Lipinski definition) is 4. The second-order valence-electron chi connectivity index (χ2n) is 5.11. The van der Waals surface area contributed by atoms with Crippen molar-refractivity contribution in [2.24, 2.45) is 0 Å². The fourth-order valence-electron chi connectivity index (χ4n) is 2.40. The topological polar surface area (TPSA) is 56.0 Å². The van der Waals surface area contributed by atoms with Crippen LogP contribution in [0.1, 0.15) is 5.69 Å². The first kappa shape index (κ1) is 16.0. The minimum Gasteiger partial charge on any atom is -0.242 e. The summed E-state index contributed by atoms with van der Waals surface area (Å²) in [6.07, 6.45) is -4.70. The highest BCUT2D eigenvalue weighted by Crippen LogP contribution is 2.35. The summed E-state index contributed by atoms with van der Waals surface area (Å²) in [5, 5.41) is 4.28. The summed E-state index contributed by atoms with van der Waals surface area (Å²) < 4.78 is 41.6. The maximum Gasteiger partial charge on any atom is 0.435 e. The molecule has 0 unspecified atom stereocenters. The molecule has 3 heterocycles. The quantitative estimate of drug-likeness (QED) is 0.448. The van der Waals surface area contributed by atoms with Crippen LogP contribution in [0.2, 0.25) is 10.3 Å². The summed E-state index contributed by atoms with van der Waals surface area (Å²) in [6.45, 7) is 0. The van der Waals surface area contributed by atoms with Crippen LogP contribution in [0, 0.1) is 0 Å². The van der Waals surface area contributed by atoms with Crippen molar-refractivity contribution >= 4 is 39.9 Å². The number of para-hydroxylation sites is 2. The van der Waals surface area contributed by atoms with Gasteiger partial charge in [0, 0.05) is 12.1 Å². The zero-order chi connectivity index (χ0) is 17.8. The average molecular weight is 384 g/mol. The van der Waals surface area contributed by atoms with Crippen molar-refractivity contribution in [1.29, 1.82) is 0 Å². The van der Waals surface area contributed by atoms with E-state index < -0.39 is 17.6 Å². The lowest BCUT2D eigenvalue weighted by molar-refractivity contribution is -0.140. The van der Waals surface area contributed by atoms with E-state index in [1.807, 2.05) is 0 Å². The second-order valence-corrected chi connectivity index (χ2v) is 5.88. The fourth-order valence-corrected chi connectivity index (χ4v) is 2.87. The molecule has 0 amide bonds. The van der Waals surface area contributed by atoms with Crippen LogP contribution in [0.3, 0.4) is 0 Å². The van der Waals surface area contributed by atoms with Gasteiger partial charge < -0.3 is 0 Å². The van der Waals surface area contributed by atoms with Crippen molar-refractivity contribution in [2.75, 3.05) is 0 Å². The van der Waals surface area contributed by atoms with E-state index in [0.717, 1.165) is 0 Å². The minimum atomic E-state index is -4.70. The minimum absolute atomic E-state index is 0.0535. The Morgan fingerprint density at radius 2 is 1.60 bits per heavy atom. The number of fused-ring (bicyclic) bond motifs is 2. The third-order valence-electron chi connectivity index (χ3n) is 3.43. The standard InChI is InChI=1S/C15H6Cl2F3N5/c16-10-6-11(17)25-12(23-10)5-9(24-25)13-14(15(18,19)20)22-8-4-2-1-3-7(8)21-13/h1-6H. The Balaban J connectivity index is 2.04. The summed E-state index contributed by atoms with van der Waals surface area (Å²) in [4.78, 5) is 11.8. The second kappa shape index (κ2) is 5.53. The molecule has 3 aromatic heterocycles. The highest BCUT2D eigenvalue weighted by molar-refractivity contribution is 6.33. The van der Waals surface area contributed by atoms with E-state index in [0.29, 0.717) is 5.52 Å². The van der Waals surface area contributed by atoms with E-state index in [1.165, 1.54) is 22.7 Å². The smallest absolute Gasteiger partial charge is 0.242 e. The third-order valence-corrected chi connectivity index (χ3v) is 3.90. The first-order valence-electron chi connectivity index (χ1n) is 6.89. The molecule has 0 aliphatic heterocycles. The number of halogens is 5. The third kappa shape index (κ3) is 2.77. The van der Waals surface area contributed by atoms with E-state index in [1.54, 1.807) is 18.2 Å². The molecule has 0 saturated heterocycles. The van der Waals surface area contributed by atoms with Crippen molar-refractivity contribution in [3.05, 3.63) is 52.4 Å². The van der Waals surface area contributed by atoms with E-state index in [-0.39, 0.29) is 27.2 Å². The lowest BCUT2D eigenvalue weighted by Crippen LogP contribution is -2.12. The molecule has 1 aromatic carbocycles. The van der Waals surface area contributed by atoms with Gasteiger partial charge in [-0.1, -0.05) is 35.3 Å². The van der Waals surface area contributed by atoms with Gasteiger partial charge in [-0.2, -0.15) is 18.3 Å². The van der Waals surface area contributed by atoms with Gasteiger partial charge in [0.2, 0.25) is 0 Å². The SMILES string of the molecule is FC(F)(F)c1nc2ccccc2nc1-c1cc2nc(Cl)cc(Cl)n2n1. The molecule has 0 bridgehead atoms. The molecule has 0 N–H and O–H groups in total. The van der Waals surface area contributed by atoms with E-state index in [2.05, 4.69) is 20.1 Å². The molecule has 0 atom stereocenters. The molecular formula is C15H6Cl2F3N5. The molecule has 4 aromatic rings. The molecule has 4 rings (SSSR count). The monoisotopic (exact) mass is 383 g/mol. The zero-order valence-electron chi connectivity index (χ0n) is 12.1. The largest absolute Gasteiger partial charge is 0.435 e. The van der Waals surface area contributed by atoms with Gasteiger partial charge in [-0.05, 0) is 12.1 Å². The van der Waals surface area contributed by atoms with Gasteiger partial charge in [0.05, 0.1) is 11.0 Å². The summed E-state index contributed by atoms with van der Waals surface area (Å²) in [5.74, 6) is 0. The number of aromatic nitrogens is 5. The Morgan fingerprint density at radius 3 is 2.28 bits per heavy atom. The number of hydrogen-bond donors (Lipinski definition) is 0. The van der Waals surface area contributed by atoms with Crippen molar-refractivity contribution in [3.63, 3.8) is 0 Å². The molecule has 0 aliphatic rings. The maximum absolute atomic E-state index is 13.5. The summed E-state index contributed by atoms with van der Waals surface area (Å²) in [7, 11) is 0. The Hall–Kier alpha value is -2.45. The first-order chi connectivity index (χ1) is 11.8. The van der Waals surface area contributed by atoms with Gasteiger partial charge in [-0.3, -0.25) is 0 Å². The Kier molecular flexibility index (Phi) is 3.55. The average Bonchev–Trinajstić information content (AvgIpc) is 2.97. The van der Waals surface area contributed by atoms with Crippen LogP contribution < -0.4 is 0 Å². The highest BCUT2D eigenvalue weighted by atomic mass is 35.5. The molecule has 0 fully saturated rings. The molecule has 0 spiro atoms. The number of rotatable bonds is 1. The van der Waals surface area contributed by atoms with Gasteiger partial charge in [0.15, 0.2) is 11.3 Å². The van der Waals surface area contributed by atoms with Gasteiger partial charge >= 0.3 is 6.18 Å². The molecule has 5 nitrogen and oxygen atoms in total. The predicted octanol–water partition coefficient (Wildman–Crippen LogP) is 4.67. The fraction of sp³-hybridized carbons (Fsp3) is 0.0667. The molecule has 25 heavy (non-hydrogen) atoms. The van der Waals surface area contributed by atoms with Crippen molar-refractivity contribution in [2.45, 2.75) is 6.18 Å². The number of alkyl halides is 3. The molecule has 126 valence electrons. The summed E-state index contributed by atoms with van der Waals surface area (Å²) in [6, 6.07) is 8.95. The lowest BCUT2D eigenvalue weighted by atomic mass is 10.2. The predicted molar refractivity (Wildman–Crippen MR) is 86.5 cm³/mol. The molecule has 0 saturated carbocycles. The van der Waals surface area contributed by atoms with Crippen molar-refractivity contribution in [1.82, 2.24) is 24.6 Å². The van der Waals surface area contributed by atoms with Gasteiger partial charge in [-0.25, -0.2) is 19.5 Å². The van der Waals surface area contributed by atoms with Crippen molar-refractivity contribution < 1.29 is 13.2 Å². The van der Waals surface area contributed by atoms with Crippen LogP contribution in [0.15, 0.2) is 36.4 Å². The number of nitrogens with zero attached hydrogens (tertiary/aromatic N) is 5. The van der Waals surface area contributed by atoms with Crippen LogP contribution in [0.5, 0.6) is 0 Å². The van der Waals surface area contributed by atoms with Crippen LogP contribution >= 0.6 is 23.2 Å². The molecule has 10 heteroatoms. The molecule has 0 radical (unpaired) electrons. The van der Waals surface area contributed by atoms with Crippen LogP contribution in [0.4, 0.5) is 13.2 Å². The van der Waals surface area contributed by atoms with Crippen LogP contribution in [0.25, 0.3) is 28.1 Å². The Morgan fingerprint density at radius 1 is 0.920 bits per heavy atom. The Bertz CT molecular complexity index is 1120. The van der Waals surface area contributed by atoms with Gasteiger partial charge in [0.25, 0.3) is 0 Å². The van der Waals surface area contributed by atoms with Crippen LogP contribution in [-0.2, 0) is 6.18 Å². The first-order valence-corrected chi connectivity index (χ1v) is 7.65. The van der Waals surface area contributed by atoms with E-state index >= 15 is 0 Å². The molecular weight excluding hydrogens is 378 g/mol. The van der Waals surface area contributed by atoms with Gasteiger partial charge in [0.1, 0.15) is 21.7 Å². The van der Waals surface area contributed by atoms with E-state index in [4.69, 9.17) is 23.2 Å². The summed E-state index contributed by atoms with van der Waals surface area (Å²) in [5.41, 5.74) is -0.917. The van der Waals surface area contributed by atoms with Gasteiger partial charge in [-0.15, -0.1) is 0 Å². The Labute approximate surface area is 148 Å². The normalized spacial score (nSPS) is 12.2. The zero-order valence-corrected chi connectivity index (χ0v) is 13.6. The van der Waals surface area contributed by atoms with Crippen LogP contribution in [-0.4, -0.2) is 24.6 Å². The number of benzene rings is 1. The lowest BCUT2D eigenvalue weighted by Gasteiger charge is -2.10. The highest BCUT2D eigenvalue weighted by Gasteiger charge is 2.38. The summed E-state index contributed by atoms with van der Waals surface area (Å²) >= 11 is 11.8. The van der Waals surface area contributed by atoms with E-state index in [9.17, 15) is 13.2 Å². The maximum atomic E-state index is 13.5.